The Bertz CT molecular complexity index is 949. The van der Waals surface area contributed by atoms with Gasteiger partial charge in [-0.2, -0.15) is 0 Å². The lowest BCUT2D eigenvalue weighted by Crippen LogP contribution is -2.54. The van der Waals surface area contributed by atoms with Gasteiger partial charge in [-0.3, -0.25) is 14.9 Å². The van der Waals surface area contributed by atoms with E-state index in [0.717, 1.165) is 9.37 Å². The molecule has 2 aromatic rings. The average Bonchev–Trinajstić information content (AvgIpc) is 2.60. The molecular weight excluding hydrogens is 404 g/mol. The zero-order chi connectivity index (χ0) is 18.8. The molecule has 2 N–H and O–H groups in total. The van der Waals surface area contributed by atoms with Crippen molar-refractivity contribution in [3.8, 4) is 0 Å². The fourth-order valence-electron chi connectivity index (χ4n) is 2.37. The van der Waals surface area contributed by atoms with Crippen LogP contribution in [0.25, 0.3) is 6.08 Å². The number of hydrogen-bond acceptors (Lipinski definition) is 4. The normalized spacial score (nSPS) is 16.0. The molecule has 0 aliphatic carbocycles. The molecule has 0 bridgehead atoms. The van der Waals surface area contributed by atoms with Gasteiger partial charge >= 0.3 is 12.0 Å². The Hall–Kier alpha value is -3.26. The fourth-order valence-corrected chi connectivity index (χ4v) is 2.64. The number of halogens is 1. The third-order valence-electron chi connectivity index (χ3n) is 3.66. The molecule has 26 heavy (non-hydrogen) atoms. The lowest BCUT2D eigenvalue weighted by atomic mass is 10.1. The zero-order valence-corrected chi connectivity index (χ0v) is 14.7. The van der Waals surface area contributed by atoms with Crippen molar-refractivity contribution in [3.05, 3.63) is 69.7 Å². The maximum absolute atomic E-state index is 12.7. The molecule has 4 amide bonds. The number of imide groups is 2. The van der Waals surface area contributed by atoms with Crippen LogP contribution in [0.3, 0.4) is 0 Å². The van der Waals surface area contributed by atoms with Crippen LogP contribution in [0.2, 0.25) is 0 Å². The van der Waals surface area contributed by atoms with Gasteiger partial charge in [-0.15, -0.1) is 0 Å². The van der Waals surface area contributed by atoms with Gasteiger partial charge < -0.3 is 5.11 Å². The van der Waals surface area contributed by atoms with Gasteiger partial charge in [0.05, 0.1) is 11.3 Å². The van der Waals surface area contributed by atoms with Crippen LogP contribution in [0.4, 0.5) is 10.5 Å². The molecule has 2 aromatic carbocycles. The highest BCUT2D eigenvalue weighted by Crippen LogP contribution is 2.23. The average molecular weight is 415 g/mol. The number of aromatic carboxylic acids is 1. The van der Waals surface area contributed by atoms with E-state index in [1.165, 1.54) is 30.3 Å². The topological polar surface area (TPSA) is 104 Å². The first-order valence-corrected chi connectivity index (χ1v) is 8.16. The van der Waals surface area contributed by atoms with Gasteiger partial charge in [0.2, 0.25) is 0 Å². The SMILES string of the molecule is O=C1NC(=O)N(c2ccc(Br)cc2)C(=O)/C1=C\c1ccc(C(=O)O)cc1. The monoisotopic (exact) mass is 414 g/mol. The van der Waals surface area contributed by atoms with Gasteiger partial charge in [0, 0.05) is 4.47 Å². The summed E-state index contributed by atoms with van der Waals surface area (Å²) < 4.78 is 0.775. The number of benzene rings is 2. The number of carbonyl (C=O) groups excluding carboxylic acids is 3. The molecule has 0 unspecified atom stereocenters. The maximum Gasteiger partial charge on any atom is 0.335 e. The Kier molecular flexibility index (Phi) is 4.68. The van der Waals surface area contributed by atoms with E-state index in [9.17, 15) is 19.2 Å². The molecule has 3 rings (SSSR count). The number of anilines is 1. The van der Waals surface area contributed by atoms with Crippen molar-refractivity contribution in [2.45, 2.75) is 0 Å². The van der Waals surface area contributed by atoms with Crippen molar-refractivity contribution >= 4 is 51.5 Å². The number of urea groups is 1. The number of nitrogens with zero attached hydrogens (tertiary/aromatic N) is 1. The molecule has 8 heteroatoms. The molecule has 1 fully saturated rings. The molecule has 130 valence electrons. The summed E-state index contributed by atoms with van der Waals surface area (Å²) in [6, 6.07) is 11.3. The summed E-state index contributed by atoms with van der Waals surface area (Å²) in [6.07, 6.45) is 1.31. The van der Waals surface area contributed by atoms with Crippen molar-refractivity contribution in [3.63, 3.8) is 0 Å². The number of amides is 4. The molecule has 1 saturated heterocycles. The smallest absolute Gasteiger partial charge is 0.335 e. The molecule has 0 atom stereocenters. The van der Waals surface area contributed by atoms with Gasteiger partial charge in [0.15, 0.2) is 0 Å². The van der Waals surface area contributed by atoms with Gasteiger partial charge in [0.1, 0.15) is 5.57 Å². The molecule has 0 spiro atoms. The second-order valence-electron chi connectivity index (χ2n) is 5.36. The predicted molar refractivity (Wildman–Crippen MR) is 96.5 cm³/mol. The second-order valence-corrected chi connectivity index (χ2v) is 6.28. The number of carboxylic acids is 1. The van der Waals surface area contributed by atoms with Crippen LogP contribution in [-0.4, -0.2) is 28.9 Å². The number of barbiturate groups is 1. The predicted octanol–water partition coefficient (Wildman–Crippen LogP) is 2.81. The largest absolute Gasteiger partial charge is 0.478 e. The molecule has 0 aromatic heterocycles. The van der Waals surface area contributed by atoms with E-state index in [4.69, 9.17) is 5.11 Å². The molecule has 0 radical (unpaired) electrons. The number of carboxylic acid groups (broad SMARTS) is 1. The van der Waals surface area contributed by atoms with E-state index in [1.807, 2.05) is 0 Å². The Balaban J connectivity index is 1.96. The summed E-state index contributed by atoms with van der Waals surface area (Å²) in [5, 5.41) is 11.0. The van der Waals surface area contributed by atoms with Crippen molar-refractivity contribution < 1.29 is 24.3 Å². The van der Waals surface area contributed by atoms with Gasteiger partial charge in [-0.05, 0) is 48.0 Å². The van der Waals surface area contributed by atoms with Crippen LogP contribution in [-0.2, 0) is 9.59 Å². The highest BCUT2D eigenvalue weighted by Gasteiger charge is 2.36. The molecule has 1 aliphatic heterocycles. The van der Waals surface area contributed by atoms with Gasteiger partial charge in [0.25, 0.3) is 11.8 Å². The number of rotatable bonds is 3. The highest BCUT2D eigenvalue weighted by molar-refractivity contribution is 9.10. The minimum Gasteiger partial charge on any atom is -0.478 e. The van der Waals surface area contributed by atoms with Crippen LogP contribution in [0, 0.1) is 0 Å². The van der Waals surface area contributed by atoms with Crippen LogP contribution >= 0.6 is 15.9 Å². The lowest BCUT2D eigenvalue weighted by Gasteiger charge is -2.26. The minimum atomic E-state index is -1.08. The molecule has 1 aliphatic rings. The first-order valence-electron chi connectivity index (χ1n) is 7.37. The van der Waals surface area contributed by atoms with Crippen molar-refractivity contribution in [2.75, 3.05) is 4.90 Å². The summed E-state index contributed by atoms with van der Waals surface area (Å²) in [5.74, 6) is -2.65. The van der Waals surface area contributed by atoms with E-state index in [-0.39, 0.29) is 11.1 Å². The first kappa shape index (κ1) is 17.6. The Morgan fingerprint density at radius 3 is 2.19 bits per heavy atom. The standard InChI is InChI=1S/C18H11BrN2O5/c19-12-5-7-13(8-6-12)21-16(23)14(15(22)20-18(21)26)9-10-1-3-11(4-2-10)17(24)25/h1-9H,(H,24,25)(H,20,22,26)/b14-9-. The third-order valence-corrected chi connectivity index (χ3v) is 4.18. The zero-order valence-electron chi connectivity index (χ0n) is 13.1. The van der Waals surface area contributed by atoms with Crippen LogP contribution < -0.4 is 10.2 Å². The Morgan fingerprint density at radius 1 is 1.00 bits per heavy atom. The first-order chi connectivity index (χ1) is 12.4. The summed E-state index contributed by atoms with van der Waals surface area (Å²) in [4.78, 5) is 48.6. The quantitative estimate of drug-likeness (QED) is 0.593. The fraction of sp³-hybridized carbons (Fsp3) is 0. The summed E-state index contributed by atoms with van der Waals surface area (Å²) in [6.45, 7) is 0. The van der Waals surface area contributed by atoms with E-state index < -0.39 is 23.8 Å². The number of nitrogens with one attached hydrogen (secondary N) is 1. The maximum atomic E-state index is 12.7. The van der Waals surface area contributed by atoms with E-state index in [2.05, 4.69) is 21.2 Å². The Labute approximate surface area is 156 Å². The van der Waals surface area contributed by atoms with Crippen LogP contribution in [0.1, 0.15) is 15.9 Å². The van der Waals surface area contributed by atoms with E-state index >= 15 is 0 Å². The number of carbonyl (C=O) groups is 4. The second kappa shape index (κ2) is 6.93. The molecular formula is C18H11BrN2O5. The summed E-state index contributed by atoms with van der Waals surface area (Å²) >= 11 is 3.27. The minimum absolute atomic E-state index is 0.0817. The summed E-state index contributed by atoms with van der Waals surface area (Å²) in [5.41, 5.74) is 0.628. The molecule has 0 saturated carbocycles. The van der Waals surface area contributed by atoms with Crippen molar-refractivity contribution in [2.24, 2.45) is 0 Å². The third kappa shape index (κ3) is 3.40. The molecule has 7 nitrogen and oxygen atoms in total. The van der Waals surface area contributed by atoms with Gasteiger partial charge in [-0.25, -0.2) is 14.5 Å². The lowest BCUT2D eigenvalue weighted by molar-refractivity contribution is -0.122. The van der Waals surface area contributed by atoms with Crippen LogP contribution in [0.5, 0.6) is 0 Å². The van der Waals surface area contributed by atoms with E-state index in [1.54, 1.807) is 24.3 Å². The molecule has 1 heterocycles. The van der Waals surface area contributed by atoms with Gasteiger partial charge in [-0.1, -0.05) is 28.1 Å². The summed E-state index contributed by atoms with van der Waals surface area (Å²) in [7, 11) is 0. The van der Waals surface area contributed by atoms with Crippen molar-refractivity contribution in [1.82, 2.24) is 5.32 Å². The number of hydrogen-bond donors (Lipinski definition) is 2. The van der Waals surface area contributed by atoms with Crippen molar-refractivity contribution in [1.29, 1.82) is 0 Å². The van der Waals surface area contributed by atoms with Crippen LogP contribution in [0.15, 0.2) is 58.6 Å². The highest BCUT2D eigenvalue weighted by atomic mass is 79.9. The Morgan fingerprint density at radius 2 is 1.62 bits per heavy atom. The van der Waals surface area contributed by atoms with E-state index in [0.29, 0.717) is 11.3 Å².